The molecule has 2 aromatic heterocycles. The average Bonchev–Trinajstić information content (AvgIpc) is 2.99. The molecule has 1 aliphatic carbocycles. The summed E-state index contributed by atoms with van der Waals surface area (Å²) in [5.41, 5.74) is 1.30. The van der Waals surface area contributed by atoms with Crippen LogP contribution < -0.4 is 10.9 Å². The van der Waals surface area contributed by atoms with E-state index in [0.29, 0.717) is 36.0 Å². The number of nitrogens with one attached hydrogen (secondary N) is 2. The molecule has 7 heteroatoms. The number of pyridine rings is 1. The van der Waals surface area contributed by atoms with Crippen molar-refractivity contribution in [1.29, 1.82) is 5.26 Å². The Morgan fingerprint density at radius 3 is 2.82 bits per heavy atom. The van der Waals surface area contributed by atoms with Crippen molar-refractivity contribution in [3.63, 3.8) is 0 Å². The van der Waals surface area contributed by atoms with Crippen molar-refractivity contribution >= 4 is 22.4 Å². The normalized spacial score (nSPS) is 25.2. The lowest BCUT2D eigenvalue weighted by Gasteiger charge is -2.21. The van der Waals surface area contributed by atoms with Crippen molar-refractivity contribution in [1.82, 2.24) is 14.8 Å². The molecule has 0 amide bonds. The smallest absolute Gasteiger partial charge is 0.261 e. The number of hydrogen-bond donors (Lipinski definition) is 3. The molecular weight excluding hydrogens is 354 g/mol. The van der Waals surface area contributed by atoms with Gasteiger partial charge in [0.05, 0.1) is 29.6 Å². The van der Waals surface area contributed by atoms with Crippen molar-refractivity contribution < 1.29 is 5.11 Å². The van der Waals surface area contributed by atoms with Crippen molar-refractivity contribution in [2.75, 3.05) is 5.32 Å². The third kappa shape index (κ3) is 3.27. The first kappa shape index (κ1) is 18.3. The molecular formula is C21H23N5O2. The van der Waals surface area contributed by atoms with Crippen LogP contribution in [0, 0.1) is 23.2 Å². The zero-order valence-corrected chi connectivity index (χ0v) is 15.7. The van der Waals surface area contributed by atoms with Gasteiger partial charge in [0, 0.05) is 11.9 Å². The maximum atomic E-state index is 12.6. The van der Waals surface area contributed by atoms with Gasteiger partial charge in [0.1, 0.15) is 5.39 Å². The number of para-hydroxylation sites is 1. The highest BCUT2D eigenvalue weighted by atomic mass is 16.3. The summed E-state index contributed by atoms with van der Waals surface area (Å²) >= 11 is 0. The number of rotatable bonds is 3. The molecule has 4 unspecified atom stereocenters. The Morgan fingerprint density at radius 1 is 1.29 bits per heavy atom. The third-order valence-electron chi connectivity index (χ3n) is 5.65. The number of nitriles is 1. The molecule has 144 valence electrons. The van der Waals surface area contributed by atoms with Crippen LogP contribution in [-0.4, -0.2) is 26.0 Å². The summed E-state index contributed by atoms with van der Waals surface area (Å²) in [5, 5.41) is 28.5. The standard InChI is InChI=1S/C21H23N5O2/c1-13-11-14(12-22)16(7-8-18(13)27)26-17-9-10-23-21(28)19(17)20(25-26)24-15-5-3-2-4-6-15/h2-6,9-10,13-14,16,18,27H,7-8,11H2,1H3,(H,23,28)(H,24,25). The highest BCUT2D eigenvalue weighted by Crippen LogP contribution is 2.37. The van der Waals surface area contributed by atoms with Gasteiger partial charge in [-0.05, 0) is 43.4 Å². The van der Waals surface area contributed by atoms with Crippen LogP contribution in [0.3, 0.4) is 0 Å². The minimum Gasteiger partial charge on any atom is -0.393 e. The van der Waals surface area contributed by atoms with E-state index in [1.165, 1.54) is 0 Å². The van der Waals surface area contributed by atoms with Crippen LogP contribution in [0.5, 0.6) is 0 Å². The molecule has 0 radical (unpaired) electrons. The number of fused-ring (bicyclic) bond motifs is 1. The maximum absolute atomic E-state index is 12.6. The van der Waals surface area contributed by atoms with E-state index in [1.807, 2.05) is 43.3 Å². The van der Waals surface area contributed by atoms with Crippen LogP contribution in [-0.2, 0) is 0 Å². The van der Waals surface area contributed by atoms with Crippen LogP contribution in [0.2, 0.25) is 0 Å². The number of benzene rings is 1. The number of aromatic amines is 1. The number of H-pyrrole nitrogens is 1. The second-order valence-corrected chi connectivity index (χ2v) is 7.51. The van der Waals surface area contributed by atoms with Crippen LogP contribution >= 0.6 is 0 Å². The number of aliphatic hydroxyl groups is 1. The van der Waals surface area contributed by atoms with Gasteiger partial charge in [0.15, 0.2) is 5.82 Å². The molecule has 0 bridgehead atoms. The van der Waals surface area contributed by atoms with Crippen molar-refractivity contribution in [3.05, 3.63) is 52.9 Å². The molecule has 1 aromatic carbocycles. The van der Waals surface area contributed by atoms with Crippen molar-refractivity contribution in [3.8, 4) is 6.07 Å². The Kier molecular flexibility index (Phi) is 4.88. The predicted octanol–water partition coefficient (Wildman–Crippen LogP) is 3.33. The monoisotopic (exact) mass is 377 g/mol. The summed E-state index contributed by atoms with van der Waals surface area (Å²) in [6.45, 7) is 1.98. The van der Waals surface area contributed by atoms with Gasteiger partial charge in [-0.15, -0.1) is 0 Å². The van der Waals surface area contributed by atoms with Crippen LogP contribution in [0.4, 0.5) is 11.5 Å². The SMILES string of the molecule is CC1CC(C#N)C(n2nc(Nc3ccccc3)c3c(=O)[nH]ccc32)CCC1O. The van der Waals surface area contributed by atoms with Gasteiger partial charge in [-0.2, -0.15) is 10.4 Å². The molecule has 1 saturated carbocycles. The van der Waals surface area contributed by atoms with Gasteiger partial charge in [0.25, 0.3) is 5.56 Å². The Morgan fingerprint density at radius 2 is 2.07 bits per heavy atom. The summed E-state index contributed by atoms with van der Waals surface area (Å²) < 4.78 is 1.80. The Labute approximate surface area is 162 Å². The quantitative estimate of drug-likeness (QED) is 0.607. The molecule has 0 spiro atoms. The Balaban J connectivity index is 1.82. The molecule has 28 heavy (non-hydrogen) atoms. The Bertz CT molecular complexity index is 1070. The van der Waals surface area contributed by atoms with Gasteiger partial charge in [-0.3, -0.25) is 9.48 Å². The fraction of sp³-hybridized carbons (Fsp3) is 0.381. The van der Waals surface area contributed by atoms with Crippen LogP contribution in [0.1, 0.15) is 32.2 Å². The topological polar surface area (TPSA) is 107 Å². The van der Waals surface area contributed by atoms with E-state index < -0.39 is 6.10 Å². The maximum Gasteiger partial charge on any atom is 0.261 e. The van der Waals surface area contributed by atoms with Crippen molar-refractivity contribution in [2.24, 2.45) is 11.8 Å². The molecule has 1 fully saturated rings. The van der Waals surface area contributed by atoms with E-state index in [0.717, 1.165) is 5.69 Å². The summed E-state index contributed by atoms with van der Waals surface area (Å²) in [6, 6.07) is 13.6. The molecule has 4 rings (SSSR count). The van der Waals surface area contributed by atoms with Crippen LogP contribution in [0.15, 0.2) is 47.4 Å². The highest BCUT2D eigenvalue weighted by Gasteiger charge is 2.34. The molecule has 0 aliphatic heterocycles. The van der Waals surface area contributed by atoms with E-state index >= 15 is 0 Å². The molecule has 3 aromatic rings. The number of anilines is 2. The number of aliphatic hydroxyl groups excluding tert-OH is 1. The summed E-state index contributed by atoms with van der Waals surface area (Å²) in [6.07, 6.45) is 3.03. The van der Waals surface area contributed by atoms with Crippen molar-refractivity contribution in [2.45, 2.75) is 38.3 Å². The first-order valence-corrected chi connectivity index (χ1v) is 9.58. The zero-order valence-electron chi connectivity index (χ0n) is 15.7. The minimum absolute atomic E-state index is 0.0572. The third-order valence-corrected chi connectivity index (χ3v) is 5.65. The van der Waals surface area contributed by atoms with Gasteiger partial charge in [-0.1, -0.05) is 25.1 Å². The molecule has 7 nitrogen and oxygen atoms in total. The number of hydrogen-bond acceptors (Lipinski definition) is 5. The highest BCUT2D eigenvalue weighted by molar-refractivity contribution is 5.91. The van der Waals surface area contributed by atoms with E-state index in [1.54, 1.807) is 10.9 Å². The lowest BCUT2D eigenvalue weighted by molar-refractivity contribution is 0.108. The number of aromatic nitrogens is 3. The molecule has 1 aliphatic rings. The fourth-order valence-corrected chi connectivity index (χ4v) is 4.07. The molecule has 2 heterocycles. The second-order valence-electron chi connectivity index (χ2n) is 7.51. The lowest BCUT2D eigenvalue weighted by atomic mass is 9.92. The average molecular weight is 377 g/mol. The largest absolute Gasteiger partial charge is 0.393 e. The zero-order chi connectivity index (χ0) is 19.7. The van der Waals surface area contributed by atoms with E-state index in [2.05, 4.69) is 16.4 Å². The minimum atomic E-state index is -0.423. The van der Waals surface area contributed by atoms with Gasteiger partial charge >= 0.3 is 0 Å². The summed E-state index contributed by atoms with van der Waals surface area (Å²) in [5.74, 6) is 0.249. The first-order valence-electron chi connectivity index (χ1n) is 9.58. The fourth-order valence-electron chi connectivity index (χ4n) is 4.07. The Hall–Kier alpha value is -3.11. The van der Waals surface area contributed by atoms with Gasteiger partial charge in [0.2, 0.25) is 0 Å². The van der Waals surface area contributed by atoms with E-state index in [9.17, 15) is 15.2 Å². The van der Waals surface area contributed by atoms with E-state index in [4.69, 9.17) is 5.10 Å². The predicted molar refractivity (Wildman–Crippen MR) is 107 cm³/mol. The van der Waals surface area contributed by atoms with Gasteiger partial charge < -0.3 is 15.4 Å². The summed E-state index contributed by atoms with van der Waals surface area (Å²) in [7, 11) is 0. The first-order chi connectivity index (χ1) is 13.6. The second kappa shape index (κ2) is 7.49. The summed E-state index contributed by atoms with van der Waals surface area (Å²) in [4.78, 5) is 15.3. The molecule has 4 atom stereocenters. The number of nitrogens with zero attached hydrogens (tertiary/aromatic N) is 3. The van der Waals surface area contributed by atoms with E-state index in [-0.39, 0.29) is 23.4 Å². The molecule has 0 saturated heterocycles. The lowest BCUT2D eigenvalue weighted by Crippen LogP contribution is -2.20. The van der Waals surface area contributed by atoms with Gasteiger partial charge in [-0.25, -0.2) is 0 Å². The molecule has 3 N–H and O–H groups in total. The van der Waals surface area contributed by atoms with Crippen LogP contribution in [0.25, 0.3) is 10.9 Å².